The zero-order valence-electron chi connectivity index (χ0n) is 14.3. The molecule has 2 unspecified atom stereocenters. The van der Waals surface area contributed by atoms with Crippen LogP contribution in [0.4, 0.5) is 5.69 Å². The van der Waals surface area contributed by atoms with Gasteiger partial charge in [-0.15, -0.1) is 0 Å². The number of carbonyl (C=O) groups excluding carboxylic acids is 1. The normalized spacial score (nSPS) is 19.6. The highest BCUT2D eigenvalue weighted by Gasteiger charge is 2.28. The van der Waals surface area contributed by atoms with Gasteiger partial charge >= 0.3 is 0 Å². The molecule has 0 radical (unpaired) electrons. The van der Waals surface area contributed by atoms with Gasteiger partial charge in [-0.3, -0.25) is 4.79 Å². The molecule has 2 aromatic heterocycles. The van der Waals surface area contributed by atoms with Crippen molar-refractivity contribution >= 4 is 28.7 Å². The zero-order chi connectivity index (χ0) is 18.1. The van der Waals surface area contributed by atoms with Crippen LogP contribution in [0.1, 0.15) is 41.4 Å². The number of aromatic nitrogens is 4. The van der Waals surface area contributed by atoms with Crippen molar-refractivity contribution in [3.8, 4) is 0 Å². The fraction of sp³-hybridized carbons (Fsp3) is 0.263. The van der Waals surface area contributed by atoms with Gasteiger partial charge in [-0.2, -0.15) is 5.10 Å². The molecule has 3 N–H and O–H groups in total. The highest BCUT2D eigenvalue weighted by molar-refractivity contribution is 6.10. The van der Waals surface area contributed by atoms with Gasteiger partial charge in [-0.05, 0) is 37.0 Å². The Hall–Kier alpha value is -3.06. The molecular formula is C19H20N6O. The van der Waals surface area contributed by atoms with Crippen molar-refractivity contribution in [1.29, 1.82) is 0 Å². The van der Waals surface area contributed by atoms with Gasteiger partial charge in [0.05, 0.1) is 11.4 Å². The van der Waals surface area contributed by atoms with E-state index in [4.69, 9.17) is 5.73 Å². The van der Waals surface area contributed by atoms with Crippen LogP contribution in [0.2, 0.25) is 0 Å². The molecule has 1 aliphatic rings. The molecule has 1 aliphatic carbocycles. The molecule has 1 amide bonds. The number of rotatable bonds is 4. The molecule has 1 aromatic carbocycles. The number of nitrogens with zero attached hydrogens (tertiary/aromatic N) is 4. The summed E-state index contributed by atoms with van der Waals surface area (Å²) >= 11 is 0. The standard InChI is InChI=1S/C19H20N6O/c1-2-12-3-6-14(7-4-12)23-19(26)17-16-10-21-11-22-18(16)25(24-17)15-8-5-13(20)9-15/h2-4,6-7,10-11,13,15H,1,5,8-9,20H2,(H,23,26). The highest BCUT2D eigenvalue weighted by Crippen LogP contribution is 2.31. The fourth-order valence-electron chi connectivity index (χ4n) is 3.41. The quantitative estimate of drug-likeness (QED) is 0.755. The number of hydrogen-bond donors (Lipinski definition) is 2. The van der Waals surface area contributed by atoms with Crippen molar-refractivity contribution in [3.63, 3.8) is 0 Å². The predicted molar refractivity (Wildman–Crippen MR) is 101 cm³/mol. The molecule has 2 heterocycles. The smallest absolute Gasteiger partial charge is 0.276 e. The third kappa shape index (κ3) is 2.97. The Morgan fingerprint density at radius 2 is 2.12 bits per heavy atom. The maximum absolute atomic E-state index is 12.8. The fourth-order valence-corrected chi connectivity index (χ4v) is 3.41. The van der Waals surface area contributed by atoms with Gasteiger partial charge in [0, 0.05) is 17.9 Å². The van der Waals surface area contributed by atoms with E-state index < -0.39 is 0 Å². The van der Waals surface area contributed by atoms with Crippen molar-refractivity contribution in [2.45, 2.75) is 31.3 Å². The predicted octanol–water partition coefficient (Wildman–Crippen LogP) is 2.77. The van der Waals surface area contributed by atoms with E-state index in [0.29, 0.717) is 22.4 Å². The molecule has 26 heavy (non-hydrogen) atoms. The van der Waals surface area contributed by atoms with Gasteiger partial charge in [0.2, 0.25) is 0 Å². The zero-order valence-corrected chi connectivity index (χ0v) is 14.3. The average Bonchev–Trinajstić information content (AvgIpc) is 3.26. The largest absolute Gasteiger partial charge is 0.328 e. The minimum atomic E-state index is -0.280. The van der Waals surface area contributed by atoms with Crippen LogP contribution in [0.25, 0.3) is 17.1 Å². The monoisotopic (exact) mass is 348 g/mol. The molecule has 0 spiro atoms. The summed E-state index contributed by atoms with van der Waals surface area (Å²) in [7, 11) is 0. The lowest BCUT2D eigenvalue weighted by Crippen LogP contribution is -2.17. The number of carbonyl (C=O) groups is 1. The summed E-state index contributed by atoms with van der Waals surface area (Å²) in [6.07, 6.45) is 7.59. The van der Waals surface area contributed by atoms with Crippen LogP contribution in [-0.2, 0) is 0 Å². The molecular weight excluding hydrogens is 328 g/mol. The van der Waals surface area contributed by atoms with Crippen LogP contribution >= 0.6 is 0 Å². The molecule has 4 rings (SSSR count). The van der Waals surface area contributed by atoms with E-state index in [1.165, 1.54) is 6.33 Å². The lowest BCUT2D eigenvalue weighted by molar-refractivity contribution is 0.102. The van der Waals surface area contributed by atoms with Crippen molar-refractivity contribution in [1.82, 2.24) is 19.7 Å². The maximum Gasteiger partial charge on any atom is 0.276 e. The van der Waals surface area contributed by atoms with Gasteiger partial charge in [-0.1, -0.05) is 24.8 Å². The third-order valence-corrected chi connectivity index (χ3v) is 4.78. The van der Waals surface area contributed by atoms with E-state index in [2.05, 4.69) is 27.0 Å². The van der Waals surface area contributed by atoms with E-state index in [1.54, 1.807) is 12.3 Å². The number of nitrogens with one attached hydrogen (secondary N) is 1. The molecule has 0 bridgehead atoms. The summed E-state index contributed by atoms with van der Waals surface area (Å²) in [5.41, 5.74) is 8.73. The second-order valence-corrected chi connectivity index (χ2v) is 6.56. The molecule has 1 fully saturated rings. The lowest BCUT2D eigenvalue weighted by Gasteiger charge is -2.10. The second-order valence-electron chi connectivity index (χ2n) is 6.56. The lowest BCUT2D eigenvalue weighted by atomic mass is 10.2. The Balaban J connectivity index is 1.67. The van der Waals surface area contributed by atoms with E-state index in [-0.39, 0.29) is 18.0 Å². The number of anilines is 1. The Labute approximate surface area is 150 Å². The molecule has 3 aromatic rings. The minimum absolute atomic E-state index is 0.163. The van der Waals surface area contributed by atoms with Gasteiger partial charge in [0.15, 0.2) is 11.3 Å². The third-order valence-electron chi connectivity index (χ3n) is 4.78. The summed E-state index contributed by atoms with van der Waals surface area (Å²) < 4.78 is 1.83. The SMILES string of the molecule is C=Cc1ccc(NC(=O)c2nn(C3CCC(N)C3)c3ncncc23)cc1. The molecule has 0 aliphatic heterocycles. The van der Waals surface area contributed by atoms with Crippen LogP contribution < -0.4 is 11.1 Å². The summed E-state index contributed by atoms with van der Waals surface area (Å²) in [6.45, 7) is 3.73. The van der Waals surface area contributed by atoms with Crippen molar-refractivity contribution < 1.29 is 4.79 Å². The maximum atomic E-state index is 12.8. The summed E-state index contributed by atoms with van der Waals surface area (Å²) in [5, 5.41) is 8.10. The molecule has 2 atom stereocenters. The van der Waals surface area contributed by atoms with Crippen LogP contribution in [0.15, 0.2) is 43.4 Å². The average molecular weight is 348 g/mol. The van der Waals surface area contributed by atoms with Crippen LogP contribution in [-0.4, -0.2) is 31.7 Å². The first kappa shape index (κ1) is 16.4. The number of nitrogens with two attached hydrogens (primary N) is 1. The topological polar surface area (TPSA) is 98.7 Å². The van der Waals surface area contributed by atoms with E-state index in [1.807, 2.05) is 28.9 Å². The number of benzene rings is 1. The first-order valence-corrected chi connectivity index (χ1v) is 8.63. The van der Waals surface area contributed by atoms with Gasteiger partial charge < -0.3 is 11.1 Å². The van der Waals surface area contributed by atoms with Crippen molar-refractivity contribution in [2.24, 2.45) is 5.73 Å². The van der Waals surface area contributed by atoms with Crippen LogP contribution in [0.3, 0.4) is 0 Å². The molecule has 7 nitrogen and oxygen atoms in total. The van der Waals surface area contributed by atoms with Gasteiger partial charge in [0.25, 0.3) is 5.91 Å². The van der Waals surface area contributed by atoms with E-state index >= 15 is 0 Å². The summed E-state index contributed by atoms with van der Waals surface area (Å²) in [5.74, 6) is -0.280. The highest BCUT2D eigenvalue weighted by atomic mass is 16.2. The summed E-state index contributed by atoms with van der Waals surface area (Å²) in [6, 6.07) is 7.78. The number of hydrogen-bond acceptors (Lipinski definition) is 5. The Kier molecular flexibility index (Phi) is 4.22. The molecule has 1 saturated carbocycles. The minimum Gasteiger partial charge on any atom is -0.328 e. The first-order chi connectivity index (χ1) is 12.7. The first-order valence-electron chi connectivity index (χ1n) is 8.63. The van der Waals surface area contributed by atoms with Crippen molar-refractivity contribution in [3.05, 3.63) is 54.6 Å². The Bertz CT molecular complexity index is 962. The summed E-state index contributed by atoms with van der Waals surface area (Å²) in [4.78, 5) is 21.2. The van der Waals surface area contributed by atoms with E-state index in [0.717, 1.165) is 24.8 Å². The number of fused-ring (bicyclic) bond motifs is 1. The second kappa shape index (κ2) is 6.68. The van der Waals surface area contributed by atoms with Gasteiger partial charge in [-0.25, -0.2) is 14.6 Å². The Morgan fingerprint density at radius 1 is 1.31 bits per heavy atom. The molecule has 0 saturated heterocycles. The van der Waals surface area contributed by atoms with Crippen LogP contribution in [0.5, 0.6) is 0 Å². The van der Waals surface area contributed by atoms with Crippen LogP contribution in [0, 0.1) is 0 Å². The number of amides is 1. The Morgan fingerprint density at radius 3 is 2.81 bits per heavy atom. The van der Waals surface area contributed by atoms with Gasteiger partial charge in [0.1, 0.15) is 6.33 Å². The molecule has 7 heteroatoms. The molecule has 132 valence electrons. The van der Waals surface area contributed by atoms with Crippen molar-refractivity contribution in [2.75, 3.05) is 5.32 Å². The van der Waals surface area contributed by atoms with E-state index in [9.17, 15) is 4.79 Å².